The largest absolute Gasteiger partial charge is 0.503 e. The van der Waals surface area contributed by atoms with Crippen LogP contribution in [0.15, 0.2) is 28.9 Å². The molecule has 1 aromatic carbocycles. The van der Waals surface area contributed by atoms with Crippen LogP contribution in [0.4, 0.5) is 31.9 Å². The summed E-state index contributed by atoms with van der Waals surface area (Å²) in [5.41, 5.74) is 1.07. The molecule has 0 bridgehead atoms. The van der Waals surface area contributed by atoms with Gasteiger partial charge in [-0.15, -0.1) is 6.42 Å². The molecular formula is C21H18F2N6O3. The summed E-state index contributed by atoms with van der Waals surface area (Å²) in [6, 6.07) is 2.90. The Hall–Kier alpha value is -4.20. The molecule has 0 saturated heterocycles. The number of carbonyl (C=O) groups excluding carboxylic acids is 1. The van der Waals surface area contributed by atoms with Crippen LogP contribution in [0, 0.1) is 30.9 Å². The van der Waals surface area contributed by atoms with Crippen molar-refractivity contribution < 1.29 is 23.2 Å². The van der Waals surface area contributed by atoms with Gasteiger partial charge in [0, 0.05) is 23.9 Å². The van der Waals surface area contributed by atoms with Gasteiger partial charge in [0.25, 0.3) is 0 Å². The van der Waals surface area contributed by atoms with Gasteiger partial charge in [-0.1, -0.05) is 11.1 Å². The predicted molar refractivity (Wildman–Crippen MR) is 111 cm³/mol. The molecule has 3 heterocycles. The number of aromatic nitrogens is 3. The molecule has 0 fully saturated rings. The third-order valence-electron chi connectivity index (χ3n) is 4.93. The molecule has 2 aromatic heterocycles. The molecule has 0 saturated carbocycles. The highest BCUT2D eigenvalue weighted by Gasteiger charge is 2.37. The van der Waals surface area contributed by atoms with Crippen molar-refractivity contribution >= 4 is 29.0 Å². The minimum Gasteiger partial charge on any atom is -0.503 e. The Balaban J connectivity index is 1.73. The van der Waals surface area contributed by atoms with E-state index in [9.17, 15) is 18.7 Å². The molecule has 32 heavy (non-hydrogen) atoms. The van der Waals surface area contributed by atoms with E-state index in [0.717, 1.165) is 12.1 Å². The second-order valence-electron chi connectivity index (χ2n) is 7.18. The van der Waals surface area contributed by atoms with Crippen molar-refractivity contribution in [2.24, 2.45) is 0 Å². The number of fused-ring (bicyclic) bond motifs is 1. The van der Waals surface area contributed by atoms with Gasteiger partial charge in [0.05, 0.1) is 25.0 Å². The molecule has 1 aliphatic rings. The van der Waals surface area contributed by atoms with Crippen molar-refractivity contribution in [1.82, 2.24) is 15.1 Å². The number of phenolic OH excluding ortho intramolecular Hbond substituents is 1. The lowest BCUT2D eigenvalue weighted by atomic mass is 10.1. The molecule has 0 aliphatic carbocycles. The third kappa shape index (κ3) is 3.78. The number of hydrogen-bond donors (Lipinski definition) is 2. The number of anilines is 4. The van der Waals surface area contributed by atoms with E-state index in [2.05, 4.69) is 26.4 Å². The number of aryl methyl sites for hydroxylation is 1. The Morgan fingerprint density at radius 1 is 1.31 bits per heavy atom. The number of nitrogens with zero attached hydrogens (tertiary/aromatic N) is 5. The van der Waals surface area contributed by atoms with Crippen LogP contribution < -0.4 is 15.1 Å². The van der Waals surface area contributed by atoms with Gasteiger partial charge < -0.3 is 19.8 Å². The molecule has 9 nitrogen and oxygen atoms in total. The smallest absolute Gasteiger partial charge is 0.250 e. The molecule has 0 unspecified atom stereocenters. The number of phenols is 1. The minimum atomic E-state index is -1.13. The lowest BCUT2D eigenvalue weighted by Gasteiger charge is -2.39. The molecule has 0 spiro atoms. The van der Waals surface area contributed by atoms with Crippen LogP contribution in [0.2, 0.25) is 0 Å². The van der Waals surface area contributed by atoms with Crippen molar-refractivity contribution in [3.05, 3.63) is 47.5 Å². The second-order valence-corrected chi connectivity index (χ2v) is 7.18. The van der Waals surface area contributed by atoms with Gasteiger partial charge in [-0.05, 0) is 13.8 Å². The average Bonchev–Trinajstić information content (AvgIpc) is 3.17. The Morgan fingerprint density at radius 2 is 2.03 bits per heavy atom. The van der Waals surface area contributed by atoms with E-state index < -0.39 is 23.4 Å². The Bertz CT molecular complexity index is 1220. The monoisotopic (exact) mass is 440 g/mol. The zero-order valence-corrected chi connectivity index (χ0v) is 17.1. The van der Waals surface area contributed by atoms with Crippen LogP contribution >= 0.6 is 0 Å². The highest BCUT2D eigenvalue weighted by molar-refractivity contribution is 6.04. The normalized spacial score (nSPS) is 15.5. The topological polar surface area (TPSA) is 108 Å². The summed E-state index contributed by atoms with van der Waals surface area (Å²) in [7, 11) is 0. The quantitative estimate of drug-likeness (QED) is 0.461. The number of amides is 1. The number of nitrogens with one attached hydrogen (secondary N) is 1. The number of rotatable bonds is 5. The van der Waals surface area contributed by atoms with E-state index in [1.165, 1.54) is 11.1 Å². The van der Waals surface area contributed by atoms with Crippen molar-refractivity contribution in [2.45, 2.75) is 26.4 Å². The number of halogens is 2. The van der Waals surface area contributed by atoms with Gasteiger partial charge in [0.1, 0.15) is 11.7 Å². The first-order valence-electron chi connectivity index (χ1n) is 9.54. The SMILES string of the molecule is C#CCN1c2nc(Nc3cc(F)c(O)c(F)c3)ncc2N(Cc2cc(C)no2)C(=O)[C@H]1C. The summed E-state index contributed by atoms with van der Waals surface area (Å²) in [6.07, 6.45) is 6.90. The van der Waals surface area contributed by atoms with Crippen LogP contribution in [0.1, 0.15) is 18.4 Å². The van der Waals surface area contributed by atoms with Crippen molar-refractivity contribution in [1.29, 1.82) is 0 Å². The first-order chi connectivity index (χ1) is 15.3. The maximum absolute atomic E-state index is 13.7. The maximum atomic E-state index is 13.7. The van der Waals surface area contributed by atoms with Crippen LogP contribution in [-0.2, 0) is 11.3 Å². The van der Waals surface area contributed by atoms with E-state index >= 15 is 0 Å². The van der Waals surface area contributed by atoms with Crippen molar-refractivity contribution in [3.8, 4) is 18.1 Å². The highest BCUT2D eigenvalue weighted by atomic mass is 19.1. The first kappa shape index (κ1) is 21.0. The van der Waals surface area contributed by atoms with E-state index in [-0.39, 0.29) is 30.6 Å². The standard InChI is InChI=1S/C21H18F2N6O3/c1-4-5-28-12(3)20(31)29(10-14-6-11(2)27-32-14)17-9-24-21(26-19(17)28)25-13-7-15(22)18(30)16(23)8-13/h1,6-9,12,30H,5,10H2,2-3H3,(H,24,25,26)/t12-/m1/s1. The highest BCUT2D eigenvalue weighted by Crippen LogP contribution is 2.36. The van der Waals surface area contributed by atoms with Crippen LogP contribution in [0.3, 0.4) is 0 Å². The van der Waals surface area contributed by atoms with E-state index in [1.807, 2.05) is 0 Å². The molecule has 3 aromatic rings. The number of terminal acetylenes is 1. The first-order valence-corrected chi connectivity index (χ1v) is 9.54. The molecule has 4 rings (SSSR count). The fourth-order valence-corrected chi connectivity index (χ4v) is 3.38. The van der Waals surface area contributed by atoms with Gasteiger partial charge in [-0.25, -0.2) is 13.8 Å². The number of hydrogen-bond acceptors (Lipinski definition) is 8. The zero-order chi connectivity index (χ0) is 23.0. The molecule has 1 atom stereocenters. The minimum absolute atomic E-state index is 0.00447. The second kappa shape index (κ2) is 8.14. The summed E-state index contributed by atoms with van der Waals surface area (Å²) in [5.74, 6) is -0.194. The fraction of sp³-hybridized carbons (Fsp3) is 0.238. The number of aromatic hydroxyl groups is 1. The number of carbonyl (C=O) groups is 1. The fourth-order valence-electron chi connectivity index (χ4n) is 3.38. The summed E-state index contributed by atoms with van der Waals surface area (Å²) >= 11 is 0. The zero-order valence-electron chi connectivity index (χ0n) is 17.1. The molecule has 11 heteroatoms. The summed E-state index contributed by atoms with van der Waals surface area (Å²) in [6.45, 7) is 3.69. The van der Waals surface area contributed by atoms with Crippen molar-refractivity contribution in [2.75, 3.05) is 21.7 Å². The maximum Gasteiger partial charge on any atom is 0.250 e. The number of benzene rings is 1. The summed E-state index contributed by atoms with van der Waals surface area (Å²) < 4.78 is 32.6. The molecule has 0 radical (unpaired) electrons. The molecule has 2 N–H and O–H groups in total. The van der Waals surface area contributed by atoms with Gasteiger partial charge in [-0.3, -0.25) is 9.69 Å². The van der Waals surface area contributed by atoms with Crippen LogP contribution in [-0.4, -0.2) is 38.7 Å². The van der Waals surface area contributed by atoms with Gasteiger partial charge in [-0.2, -0.15) is 4.98 Å². The lowest BCUT2D eigenvalue weighted by molar-refractivity contribution is -0.120. The molecule has 1 amide bonds. The van der Waals surface area contributed by atoms with E-state index in [1.54, 1.807) is 24.8 Å². The Morgan fingerprint density at radius 3 is 2.66 bits per heavy atom. The molecule has 164 valence electrons. The molecular weight excluding hydrogens is 422 g/mol. The Kier molecular flexibility index (Phi) is 5.36. The third-order valence-corrected chi connectivity index (χ3v) is 4.93. The van der Waals surface area contributed by atoms with E-state index in [0.29, 0.717) is 23.0 Å². The van der Waals surface area contributed by atoms with E-state index in [4.69, 9.17) is 10.9 Å². The van der Waals surface area contributed by atoms with Crippen molar-refractivity contribution in [3.63, 3.8) is 0 Å². The lowest BCUT2D eigenvalue weighted by Crippen LogP contribution is -2.52. The summed E-state index contributed by atoms with van der Waals surface area (Å²) in [5, 5.41) is 15.8. The van der Waals surface area contributed by atoms with Crippen LogP contribution in [0.5, 0.6) is 5.75 Å². The summed E-state index contributed by atoms with van der Waals surface area (Å²) in [4.78, 5) is 24.7. The molecule has 1 aliphatic heterocycles. The van der Waals surface area contributed by atoms with Crippen LogP contribution in [0.25, 0.3) is 0 Å². The van der Waals surface area contributed by atoms with Gasteiger partial charge in [0.2, 0.25) is 11.9 Å². The van der Waals surface area contributed by atoms with Gasteiger partial charge >= 0.3 is 0 Å². The predicted octanol–water partition coefficient (Wildman–Crippen LogP) is 2.88. The van der Waals surface area contributed by atoms with Gasteiger partial charge in [0.15, 0.2) is 29.0 Å². The Labute approximate surface area is 181 Å². The average molecular weight is 440 g/mol.